The van der Waals surface area contributed by atoms with Gasteiger partial charge in [-0.3, -0.25) is 0 Å². The van der Waals surface area contributed by atoms with Gasteiger partial charge in [-0.1, -0.05) is 11.6 Å². The van der Waals surface area contributed by atoms with E-state index in [9.17, 15) is 5.11 Å². The summed E-state index contributed by atoms with van der Waals surface area (Å²) in [7, 11) is 0. The van der Waals surface area contributed by atoms with E-state index in [-0.39, 0.29) is 12.2 Å². The molecule has 0 spiro atoms. The summed E-state index contributed by atoms with van der Waals surface area (Å²) in [6.45, 7) is 0. The Balaban J connectivity index is 1.94. The topological polar surface area (TPSA) is 29.5 Å². The third-order valence-corrected chi connectivity index (χ3v) is 2.63. The molecule has 1 radical (unpaired) electrons. The van der Waals surface area contributed by atoms with Gasteiger partial charge in [-0.2, -0.15) is 0 Å². The second kappa shape index (κ2) is 4.20. The summed E-state index contributed by atoms with van der Waals surface area (Å²) >= 11 is 5.72. The lowest BCUT2D eigenvalue weighted by Gasteiger charge is -2.12. The van der Waals surface area contributed by atoms with Gasteiger partial charge in [-0.15, -0.1) is 0 Å². The molecule has 1 aromatic rings. The van der Waals surface area contributed by atoms with Gasteiger partial charge in [0.05, 0.1) is 6.10 Å². The molecule has 75 valence electrons. The summed E-state index contributed by atoms with van der Waals surface area (Å²) in [6.07, 6.45) is 2.39. The van der Waals surface area contributed by atoms with Crippen LogP contribution in [0, 0.1) is 6.07 Å². The molecule has 1 fully saturated rings. The van der Waals surface area contributed by atoms with E-state index in [2.05, 4.69) is 6.07 Å². The van der Waals surface area contributed by atoms with Crippen molar-refractivity contribution in [2.45, 2.75) is 31.5 Å². The van der Waals surface area contributed by atoms with Gasteiger partial charge < -0.3 is 9.84 Å². The fourth-order valence-electron chi connectivity index (χ4n) is 1.67. The molecule has 0 amide bonds. The fourth-order valence-corrected chi connectivity index (χ4v) is 1.79. The Hall–Kier alpha value is -0.730. The van der Waals surface area contributed by atoms with Crippen molar-refractivity contribution in [3.8, 4) is 5.75 Å². The fraction of sp³-hybridized carbons (Fsp3) is 0.455. The maximum atomic E-state index is 9.31. The Labute approximate surface area is 88.5 Å². The minimum atomic E-state index is -0.202. The van der Waals surface area contributed by atoms with E-state index in [1.165, 1.54) is 0 Å². The predicted octanol–water partition coefficient (Wildman–Crippen LogP) is 2.43. The van der Waals surface area contributed by atoms with E-state index in [0.29, 0.717) is 10.8 Å². The molecule has 0 aliphatic heterocycles. The van der Waals surface area contributed by atoms with Gasteiger partial charge >= 0.3 is 0 Å². The van der Waals surface area contributed by atoms with Gasteiger partial charge in [-0.25, -0.2) is 0 Å². The summed E-state index contributed by atoms with van der Waals surface area (Å²) in [5.41, 5.74) is 0. The number of hydrogen-bond donors (Lipinski definition) is 1. The zero-order valence-electron chi connectivity index (χ0n) is 7.74. The van der Waals surface area contributed by atoms with Gasteiger partial charge in [0.2, 0.25) is 0 Å². The highest BCUT2D eigenvalue weighted by Crippen LogP contribution is 2.24. The van der Waals surface area contributed by atoms with E-state index in [4.69, 9.17) is 16.3 Å². The van der Waals surface area contributed by atoms with Crippen LogP contribution in [0.2, 0.25) is 5.02 Å². The van der Waals surface area contributed by atoms with Crippen LogP contribution in [0.15, 0.2) is 18.2 Å². The number of rotatable bonds is 2. The third-order valence-electron chi connectivity index (χ3n) is 2.40. The van der Waals surface area contributed by atoms with Crippen LogP contribution in [0.3, 0.4) is 0 Å². The van der Waals surface area contributed by atoms with Crippen LogP contribution >= 0.6 is 11.6 Å². The Morgan fingerprint density at radius 2 is 2.29 bits per heavy atom. The minimum Gasteiger partial charge on any atom is -0.490 e. The van der Waals surface area contributed by atoms with E-state index in [0.717, 1.165) is 19.3 Å². The summed E-state index contributed by atoms with van der Waals surface area (Å²) in [6, 6.07) is 8.20. The average molecular weight is 212 g/mol. The first kappa shape index (κ1) is 9.81. The van der Waals surface area contributed by atoms with E-state index in [1.54, 1.807) is 18.2 Å². The van der Waals surface area contributed by atoms with Crippen molar-refractivity contribution in [2.75, 3.05) is 0 Å². The van der Waals surface area contributed by atoms with Gasteiger partial charge in [0.25, 0.3) is 0 Å². The van der Waals surface area contributed by atoms with Crippen molar-refractivity contribution in [3.05, 3.63) is 29.3 Å². The third kappa shape index (κ3) is 2.40. The highest BCUT2D eigenvalue weighted by molar-refractivity contribution is 6.30. The second-order valence-electron chi connectivity index (χ2n) is 3.58. The van der Waals surface area contributed by atoms with Gasteiger partial charge in [0.1, 0.15) is 11.9 Å². The van der Waals surface area contributed by atoms with E-state index >= 15 is 0 Å². The molecular weight excluding hydrogens is 200 g/mol. The number of ether oxygens (including phenoxy) is 1. The first-order valence-corrected chi connectivity index (χ1v) is 5.14. The maximum Gasteiger partial charge on any atom is 0.127 e. The van der Waals surface area contributed by atoms with Crippen LogP contribution in [-0.4, -0.2) is 17.3 Å². The van der Waals surface area contributed by atoms with Gasteiger partial charge in [0.15, 0.2) is 0 Å². The smallest absolute Gasteiger partial charge is 0.127 e. The molecule has 0 bridgehead atoms. The monoisotopic (exact) mass is 211 g/mol. The summed E-state index contributed by atoms with van der Waals surface area (Å²) in [5, 5.41) is 9.97. The van der Waals surface area contributed by atoms with Crippen molar-refractivity contribution in [3.63, 3.8) is 0 Å². The number of aliphatic hydroxyl groups is 1. The predicted molar refractivity (Wildman–Crippen MR) is 54.6 cm³/mol. The molecule has 0 aromatic heterocycles. The highest BCUT2D eigenvalue weighted by atomic mass is 35.5. The summed E-state index contributed by atoms with van der Waals surface area (Å²) in [5.74, 6) is 0.702. The van der Waals surface area contributed by atoms with Crippen LogP contribution in [0.4, 0.5) is 0 Å². The van der Waals surface area contributed by atoms with Crippen molar-refractivity contribution < 1.29 is 9.84 Å². The SMILES string of the molecule is OC1CCC(Oc2[c]cc(Cl)cc2)C1. The Morgan fingerprint density at radius 1 is 1.43 bits per heavy atom. The zero-order valence-corrected chi connectivity index (χ0v) is 8.50. The Bertz CT molecular complexity index is 297. The second-order valence-corrected chi connectivity index (χ2v) is 4.01. The quantitative estimate of drug-likeness (QED) is 0.814. The van der Waals surface area contributed by atoms with Gasteiger partial charge in [-0.05, 0) is 31.0 Å². The molecule has 1 aliphatic carbocycles. The molecule has 1 N–H and O–H groups in total. The number of halogens is 1. The molecule has 1 saturated carbocycles. The Morgan fingerprint density at radius 3 is 2.86 bits per heavy atom. The number of aliphatic hydroxyl groups excluding tert-OH is 1. The first-order valence-electron chi connectivity index (χ1n) is 4.76. The molecule has 2 atom stereocenters. The van der Waals surface area contributed by atoms with Crippen LogP contribution in [-0.2, 0) is 0 Å². The molecular formula is C11H12ClO2. The molecule has 14 heavy (non-hydrogen) atoms. The standard InChI is InChI=1S/C11H12ClO2/c12-8-1-4-10(5-2-8)14-11-6-3-9(13)7-11/h1-2,4,9,11,13H,3,6-7H2. The normalized spacial score (nSPS) is 26.4. The van der Waals surface area contributed by atoms with Crippen LogP contribution in [0.5, 0.6) is 5.75 Å². The minimum absolute atomic E-state index is 0.127. The maximum absolute atomic E-state index is 9.31. The van der Waals surface area contributed by atoms with E-state index in [1.807, 2.05) is 0 Å². The molecule has 0 heterocycles. The first-order chi connectivity index (χ1) is 6.74. The van der Waals surface area contributed by atoms with Crippen molar-refractivity contribution in [1.82, 2.24) is 0 Å². The van der Waals surface area contributed by atoms with Crippen molar-refractivity contribution in [2.24, 2.45) is 0 Å². The largest absolute Gasteiger partial charge is 0.490 e. The van der Waals surface area contributed by atoms with Crippen LogP contribution in [0.25, 0.3) is 0 Å². The Kier molecular flexibility index (Phi) is 2.94. The molecule has 2 unspecified atom stereocenters. The lowest BCUT2D eigenvalue weighted by atomic mass is 10.3. The highest BCUT2D eigenvalue weighted by Gasteiger charge is 2.24. The average Bonchev–Trinajstić information content (AvgIpc) is 2.56. The molecule has 2 nitrogen and oxygen atoms in total. The van der Waals surface area contributed by atoms with E-state index < -0.39 is 0 Å². The molecule has 3 heteroatoms. The van der Waals surface area contributed by atoms with Crippen molar-refractivity contribution >= 4 is 11.6 Å². The molecule has 2 rings (SSSR count). The molecule has 1 aliphatic rings. The zero-order chi connectivity index (χ0) is 9.97. The summed E-state index contributed by atoms with van der Waals surface area (Å²) in [4.78, 5) is 0. The molecule has 0 saturated heterocycles. The van der Waals surface area contributed by atoms with Crippen molar-refractivity contribution in [1.29, 1.82) is 0 Å². The van der Waals surface area contributed by atoms with Gasteiger partial charge in [0, 0.05) is 17.5 Å². The molecule has 1 aromatic carbocycles. The lowest BCUT2D eigenvalue weighted by Crippen LogP contribution is -2.13. The number of benzene rings is 1. The summed E-state index contributed by atoms with van der Waals surface area (Å²) < 4.78 is 5.63. The van der Waals surface area contributed by atoms with Crippen LogP contribution < -0.4 is 4.74 Å². The number of hydrogen-bond acceptors (Lipinski definition) is 2. The van der Waals surface area contributed by atoms with Crippen LogP contribution in [0.1, 0.15) is 19.3 Å². The lowest BCUT2D eigenvalue weighted by molar-refractivity contribution is 0.149.